The van der Waals surface area contributed by atoms with Crippen LogP contribution in [0.2, 0.25) is 0 Å². The van der Waals surface area contributed by atoms with E-state index >= 15 is 0 Å². The molecule has 2 aliphatic rings. The van der Waals surface area contributed by atoms with E-state index in [1.807, 2.05) is 22.7 Å². The van der Waals surface area contributed by atoms with Crippen LogP contribution in [0.1, 0.15) is 11.1 Å². The van der Waals surface area contributed by atoms with Crippen LogP contribution in [0.5, 0.6) is 0 Å². The lowest BCUT2D eigenvalue weighted by Gasteiger charge is -2.26. The second-order valence-corrected chi connectivity index (χ2v) is 17.0. The van der Waals surface area contributed by atoms with E-state index < -0.39 is 5.79 Å². The highest BCUT2D eigenvalue weighted by Crippen LogP contribution is 2.62. The molecule has 0 N–H and O–H groups in total. The molecule has 4 nitrogen and oxygen atoms in total. The quantitative estimate of drug-likeness (QED) is 0.128. The Morgan fingerprint density at radius 2 is 0.755 bits per heavy atom. The van der Waals surface area contributed by atoms with Crippen LogP contribution in [-0.4, -0.2) is 38.2 Å². The van der Waals surface area contributed by atoms with Crippen LogP contribution >= 0.6 is 69.7 Å². The third-order valence-corrected chi connectivity index (χ3v) is 14.2. The molecule has 0 bridgehead atoms. The Bertz CT molecular complexity index is 1830. The summed E-state index contributed by atoms with van der Waals surface area (Å²) in [5.41, 5.74) is 6.69. The normalized spacial score (nSPS) is 14.3. The topological polar surface area (TPSA) is 24.9 Å². The van der Waals surface area contributed by atoms with Crippen molar-refractivity contribution in [1.82, 2.24) is 0 Å². The highest BCUT2D eigenvalue weighted by atomic mass is 32.2. The van der Waals surface area contributed by atoms with Crippen molar-refractivity contribution >= 4 is 102 Å². The number of hydrogen-bond acceptors (Lipinski definition) is 10. The maximum absolute atomic E-state index is 6.63. The van der Waals surface area contributed by atoms with Gasteiger partial charge >= 0.3 is 0 Å². The van der Waals surface area contributed by atoms with Gasteiger partial charge in [-0.3, -0.25) is 0 Å². The monoisotopic (exact) mass is 754 g/mol. The van der Waals surface area contributed by atoms with Gasteiger partial charge in [0.1, 0.15) is 10.0 Å². The van der Waals surface area contributed by atoms with Crippen molar-refractivity contribution in [2.45, 2.75) is 25.4 Å². The van der Waals surface area contributed by atoms with Crippen molar-refractivity contribution in [3.63, 3.8) is 0 Å². The summed E-state index contributed by atoms with van der Waals surface area (Å²) >= 11 is 10.7. The van der Waals surface area contributed by atoms with Gasteiger partial charge in [0.15, 0.2) is 0 Å². The van der Waals surface area contributed by atoms with Crippen LogP contribution in [0.4, 0.5) is 32.8 Å². The summed E-state index contributed by atoms with van der Waals surface area (Å²) in [4.78, 5) is 12.1. The van der Waals surface area contributed by atoms with E-state index in [0.29, 0.717) is 13.2 Å². The molecule has 0 unspecified atom stereocenters. The lowest BCUT2D eigenvalue weighted by atomic mass is 10.1. The van der Waals surface area contributed by atoms with Gasteiger partial charge in [-0.25, -0.2) is 0 Å². The van der Waals surface area contributed by atoms with Crippen LogP contribution < -0.4 is 9.80 Å². The Morgan fingerprint density at radius 1 is 0.469 bits per heavy atom. The number of thioether (sulfide) groups is 4. The Morgan fingerprint density at radius 3 is 1.02 bits per heavy atom. The van der Waals surface area contributed by atoms with Gasteiger partial charge in [-0.1, -0.05) is 0 Å². The zero-order chi connectivity index (χ0) is 33.5. The van der Waals surface area contributed by atoms with Gasteiger partial charge in [-0.15, -0.1) is 69.7 Å². The molecule has 0 radical (unpaired) electrons. The minimum absolute atomic E-state index is 0.557. The molecule has 0 atom stereocenters. The number of fused-ring (bicyclic) bond motifs is 5. The first-order valence-corrected chi connectivity index (χ1v) is 22.3. The summed E-state index contributed by atoms with van der Waals surface area (Å²) in [5, 5.41) is 2.27. The molecular formula is C39H34N2O2S6. The zero-order valence-corrected chi connectivity index (χ0v) is 32.4. The van der Waals surface area contributed by atoms with Gasteiger partial charge in [-0.2, -0.15) is 0 Å². The Labute approximate surface area is 313 Å². The van der Waals surface area contributed by atoms with Crippen molar-refractivity contribution in [3.8, 4) is 9.75 Å². The van der Waals surface area contributed by atoms with Crippen molar-refractivity contribution in [2.75, 3.05) is 48.0 Å². The molecule has 248 valence electrons. The highest BCUT2D eigenvalue weighted by molar-refractivity contribution is 7.99. The molecule has 2 aromatic heterocycles. The minimum atomic E-state index is -0.914. The number of ether oxygens (including phenoxy) is 2. The highest BCUT2D eigenvalue weighted by Gasteiger charge is 2.52. The van der Waals surface area contributed by atoms with Gasteiger partial charge in [0.2, 0.25) is 5.79 Å². The molecule has 1 aliphatic carbocycles. The van der Waals surface area contributed by atoms with E-state index in [1.165, 1.54) is 29.3 Å². The smallest absolute Gasteiger partial charge is 0.225 e. The van der Waals surface area contributed by atoms with Crippen LogP contribution in [0.3, 0.4) is 0 Å². The van der Waals surface area contributed by atoms with Gasteiger partial charge in [0, 0.05) is 53.5 Å². The van der Waals surface area contributed by atoms with Crippen LogP contribution in [-0.2, 0) is 15.3 Å². The van der Waals surface area contributed by atoms with Crippen LogP contribution in [0.15, 0.2) is 129 Å². The number of benzene rings is 4. The lowest BCUT2D eigenvalue weighted by Crippen LogP contribution is -2.25. The number of rotatable bonds is 10. The van der Waals surface area contributed by atoms with Gasteiger partial charge in [0.25, 0.3) is 0 Å². The van der Waals surface area contributed by atoms with E-state index in [1.54, 1.807) is 47.0 Å². The van der Waals surface area contributed by atoms with Gasteiger partial charge < -0.3 is 19.3 Å². The zero-order valence-electron chi connectivity index (χ0n) is 27.5. The van der Waals surface area contributed by atoms with Crippen LogP contribution in [0.25, 0.3) is 9.75 Å². The molecule has 4 aromatic carbocycles. The summed E-state index contributed by atoms with van der Waals surface area (Å²) in [5.74, 6) is -0.914. The van der Waals surface area contributed by atoms with E-state index in [0.717, 1.165) is 43.9 Å². The Balaban J connectivity index is 1.27. The molecule has 49 heavy (non-hydrogen) atoms. The molecule has 1 fully saturated rings. The molecule has 10 heteroatoms. The molecule has 6 aromatic rings. The molecule has 8 rings (SSSR count). The Hall–Kier alpha value is -2.80. The fourth-order valence-electron chi connectivity index (χ4n) is 6.40. The largest absolute Gasteiger partial charge is 0.340 e. The van der Waals surface area contributed by atoms with Gasteiger partial charge in [0.05, 0.1) is 23.0 Å². The molecule has 1 aliphatic heterocycles. The standard InChI is InChI=1S/C39H34N2O2S6/c1-44-29-13-5-25(6-14-29)40(26-7-15-30(45-2)16-8-26)35-23-33-37(48-35)38-34(39(33)42-21-22-43-39)24-36(49-38)41(27-9-17-31(46-3)18-10-27)28-11-19-32(47-4)20-12-28/h5-20,23-24H,21-22H2,1-4H3. The van der Waals surface area contributed by atoms with E-state index in [9.17, 15) is 0 Å². The Kier molecular flexibility index (Phi) is 9.58. The molecule has 1 spiro atoms. The number of nitrogens with zero attached hydrogens (tertiary/aromatic N) is 2. The second kappa shape index (κ2) is 14.1. The van der Waals surface area contributed by atoms with E-state index in [-0.39, 0.29) is 0 Å². The van der Waals surface area contributed by atoms with Crippen molar-refractivity contribution in [3.05, 3.63) is 120 Å². The molecule has 3 heterocycles. The summed E-state index contributed by atoms with van der Waals surface area (Å²) in [6, 6.07) is 39.9. The summed E-state index contributed by atoms with van der Waals surface area (Å²) in [6.45, 7) is 1.11. The van der Waals surface area contributed by atoms with Crippen molar-refractivity contribution < 1.29 is 9.47 Å². The first kappa shape index (κ1) is 33.3. The van der Waals surface area contributed by atoms with E-state index in [2.05, 4.69) is 144 Å². The SMILES string of the molecule is CSc1ccc(N(c2ccc(SC)cc2)c2cc3c(s2)-c2sc(N(c4ccc(SC)cc4)c4ccc(SC)cc4)cc2C32OCCO2)cc1. The predicted molar refractivity (Wildman–Crippen MR) is 217 cm³/mol. The van der Waals surface area contributed by atoms with Crippen molar-refractivity contribution in [1.29, 1.82) is 0 Å². The van der Waals surface area contributed by atoms with Gasteiger partial charge in [-0.05, 0) is 134 Å². The van der Waals surface area contributed by atoms with E-state index in [4.69, 9.17) is 9.47 Å². The second-order valence-electron chi connectivity index (χ2n) is 11.4. The molecular weight excluding hydrogens is 721 g/mol. The maximum atomic E-state index is 6.63. The molecule has 1 saturated heterocycles. The third kappa shape index (κ3) is 6.04. The average molecular weight is 755 g/mol. The van der Waals surface area contributed by atoms with Crippen molar-refractivity contribution in [2.24, 2.45) is 0 Å². The lowest BCUT2D eigenvalue weighted by molar-refractivity contribution is -0.126. The third-order valence-electron chi connectivity index (χ3n) is 8.81. The molecule has 0 amide bonds. The number of anilines is 6. The van der Waals surface area contributed by atoms with Crippen LogP contribution in [0, 0.1) is 0 Å². The fourth-order valence-corrected chi connectivity index (χ4v) is 10.7. The summed E-state index contributed by atoms with van der Waals surface area (Å²) < 4.78 is 13.3. The molecule has 0 saturated carbocycles. The predicted octanol–water partition coefficient (Wildman–Crippen LogP) is 12.9. The first-order valence-electron chi connectivity index (χ1n) is 15.8. The minimum Gasteiger partial charge on any atom is -0.340 e. The number of thiophene rings is 2. The first-order chi connectivity index (χ1) is 24.0. The maximum Gasteiger partial charge on any atom is 0.225 e. The average Bonchev–Trinajstić information content (AvgIpc) is 3.95. The fraction of sp³-hybridized carbons (Fsp3) is 0.179. The number of hydrogen-bond donors (Lipinski definition) is 0. The summed E-state index contributed by atoms with van der Waals surface area (Å²) in [7, 11) is 0. The summed E-state index contributed by atoms with van der Waals surface area (Å²) in [6.07, 6.45) is 8.47.